The van der Waals surface area contributed by atoms with Crippen LogP contribution in [0.2, 0.25) is 0 Å². The topological polar surface area (TPSA) is 43.4 Å². The molecule has 0 radical (unpaired) electrons. The number of carbonyl (C=O) groups is 2. The number of ether oxygens (including phenoxy) is 1. The summed E-state index contributed by atoms with van der Waals surface area (Å²) in [6.07, 6.45) is 0. The van der Waals surface area contributed by atoms with E-state index in [0.29, 0.717) is 5.56 Å². The van der Waals surface area contributed by atoms with Crippen molar-refractivity contribution in [3.8, 4) is 0 Å². The first-order valence-electron chi connectivity index (χ1n) is 4.08. The summed E-state index contributed by atoms with van der Waals surface area (Å²) < 4.78 is 4.89. The summed E-state index contributed by atoms with van der Waals surface area (Å²) in [4.78, 5) is 22.2. The van der Waals surface area contributed by atoms with Gasteiger partial charge in [-0.15, -0.1) is 0 Å². The highest BCUT2D eigenvalue weighted by Gasteiger charge is 2.17. The van der Waals surface area contributed by atoms with E-state index < -0.39 is 10.5 Å². The highest BCUT2D eigenvalue weighted by molar-refractivity contribution is 6.72. The second-order valence-electron chi connectivity index (χ2n) is 2.82. The van der Waals surface area contributed by atoms with Crippen LogP contribution < -0.4 is 0 Å². The van der Waals surface area contributed by atoms with Crippen molar-refractivity contribution in [2.75, 3.05) is 7.11 Å². The molecule has 0 atom stereocenters. The zero-order chi connectivity index (χ0) is 11.4. The molecule has 0 bridgehead atoms. The molecule has 0 spiro atoms. The molecule has 0 fully saturated rings. The monoisotopic (exact) mass is 246 g/mol. The Balaban J connectivity index is 3.34. The Morgan fingerprint density at radius 3 is 2.40 bits per heavy atom. The van der Waals surface area contributed by atoms with Crippen molar-refractivity contribution in [1.82, 2.24) is 0 Å². The van der Waals surface area contributed by atoms with E-state index in [4.69, 9.17) is 27.9 Å². The molecule has 0 unspecified atom stereocenters. The van der Waals surface area contributed by atoms with Gasteiger partial charge < -0.3 is 4.74 Å². The van der Waals surface area contributed by atoms with Gasteiger partial charge in [-0.3, -0.25) is 9.59 Å². The zero-order valence-electron chi connectivity index (χ0n) is 7.92. The van der Waals surface area contributed by atoms with Crippen molar-refractivity contribution < 1.29 is 14.3 Å². The molecule has 0 saturated heterocycles. The van der Waals surface area contributed by atoms with Gasteiger partial charge in [0.1, 0.15) is 0 Å². The molecule has 1 aromatic carbocycles. The number of hydrogen-bond acceptors (Lipinski definition) is 3. The average Bonchev–Trinajstić information content (AvgIpc) is 2.17. The van der Waals surface area contributed by atoms with Crippen LogP contribution >= 0.6 is 23.2 Å². The van der Waals surface area contributed by atoms with E-state index in [1.54, 1.807) is 12.1 Å². The molecule has 0 aliphatic rings. The number of methoxy groups -OCH3 is 1. The minimum absolute atomic E-state index is 0.103. The maximum Gasteiger partial charge on any atom is 0.253 e. The lowest BCUT2D eigenvalue weighted by Gasteiger charge is -2.07. The van der Waals surface area contributed by atoms with Crippen LogP contribution in [0.1, 0.15) is 26.3 Å². The van der Waals surface area contributed by atoms with Crippen LogP contribution in [0.4, 0.5) is 0 Å². The van der Waals surface area contributed by atoms with E-state index in [1.165, 1.54) is 13.2 Å². The Bertz CT molecular complexity index is 402. The molecule has 1 rings (SSSR count). The highest BCUT2D eigenvalue weighted by atomic mass is 35.5. The fourth-order valence-corrected chi connectivity index (χ4v) is 1.65. The van der Waals surface area contributed by atoms with Gasteiger partial charge in [0, 0.05) is 12.7 Å². The zero-order valence-corrected chi connectivity index (χ0v) is 9.43. The Morgan fingerprint density at radius 2 is 1.93 bits per heavy atom. The Kier molecular flexibility index (Phi) is 4.27. The molecule has 3 nitrogen and oxygen atoms in total. The molecule has 0 aromatic heterocycles. The van der Waals surface area contributed by atoms with Crippen molar-refractivity contribution in [2.45, 2.75) is 6.61 Å². The van der Waals surface area contributed by atoms with Crippen LogP contribution in [-0.2, 0) is 11.3 Å². The summed E-state index contributed by atoms with van der Waals surface area (Å²) >= 11 is 10.7. The number of halogens is 2. The maximum atomic E-state index is 11.2. The Hall–Kier alpha value is -0.900. The molecule has 1 aromatic rings. The lowest BCUT2D eigenvalue weighted by molar-refractivity contribution is 0.104. The molecular formula is C10H8Cl2O3. The van der Waals surface area contributed by atoms with Gasteiger partial charge >= 0.3 is 0 Å². The fraction of sp³-hybridized carbons (Fsp3) is 0.200. The van der Waals surface area contributed by atoms with Crippen molar-refractivity contribution in [3.63, 3.8) is 0 Å². The average molecular weight is 247 g/mol. The van der Waals surface area contributed by atoms with Crippen LogP contribution in [0.5, 0.6) is 0 Å². The minimum atomic E-state index is -0.716. The van der Waals surface area contributed by atoms with Gasteiger partial charge in [-0.1, -0.05) is 12.1 Å². The van der Waals surface area contributed by atoms with Crippen LogP contribution in [0.15, 0.2) is 18.2 Å². The third-order valence-corrected chi connectivity index (χ3v) is 2.25. The molecule has 0 amide bonds. The molecule has 0 aliphatic heterocycles. The summed E-state index contributed by atoms with van der Waals surface area (Å²) in [5, 5.41) is -1.43. The third kappa shape index (κ3) is 2.78. The smallest absolute Gasteiger partial charge is 0.253 e. The van der Waals surface area contributed by atoms with E-state index in [1.807, 2.05) is 0 Å². The quantitative estimate of drug-likeness (QED) is 0.768. The summed E-state index contributed by atoms with van der Waals surface area (Å²) in [7, 11) is 1.48. The SMILES string of the molecule is COCc1cccc(C(=O)Cl)c1C(=O)Cl. The number of rotatable bonds is 4. The molecule has 5 heteroatoms. The van der Waals surface area contributed by atoms with Crippen molar-refractivity contribution >= 4 is 33.7 Å². The van der Waals surface area contributed by atoms with Gasteiger partial charge in [-0.2, -0.15) is 0 Å². The normalized spacial score (nSPS) is 10.1. The maximum absolute atomic E-state index is 11.2. The lowest BCUT2D eigenvalue weighted by Crippen LogP contribution is -2.06. The summed E-state index contributed by atoms with van der Waals surface area (Å²) in [6, 6.07) is 4.72. The van der Waals surface area contributed by atoms with Crippen molar-refractivity contribution in [2.24, 2.45) is 0 Å². The largest absolute Gasteiger partial charge is 0.380 e. The van der Waals surface area contributed by atoms with Gasteiger partial charge in [0.05, 0.1) is 12.2 Å². The van der Waals surface area contributed by atoms with Crippen LogP contribution in [0.3, 0.4) is 0 Å². The van der Waals surface area contributed by atoms with E-state index in [0.717, 1.165) is 0 Å². The summed E-state index contributed by atoms with van der Waals surface area (Å²) in [6.45, 7) is 0.200. The first kappa shape index (κ1) is 12.2. The van der Waals surface area contributed by atoms with Gasteiger partial charge in [-0.05, 0) is 34.8 Å². The van der Waals surface area contributed by atoms with E-state index in [2.05, 4.69) is 0 Å². The predicted octanol–water partition coefficient (Wildman–Crippen LogP) is 2.59. The molecule has 0 heterocycles. The van der Waals surface area contributed by atoms with Crippen molar-refractivity contribution in [1.29, 1.82) is 0 Å². The predicted molar refractivity (Wildman–Crippen MR) is 57.5 cm³/mol. The molecule has 0 aliphatic carbocycles. The highest BCUT2D eigenvalue weighted by Crippen LogP contribution is 2.20. The molecule has 80 valence electrons. The first-order chi connectivity index (χ1) is 7.07. The second kappa shape index (κ2) is 5.26. The molecule has 0 saturated carbocycles. The molecule has 15 heavy (non-hydrogen) atoms. The van der Waals surface area contributed by atoms with Crippen LogP contribution in [0, 0.1) is 0 Å². The first-order valence-corrected chi connectivity index (χ1v) is 4.84. The van der Waals surface area contributed by atoms with Crippen LogP contribution in [-0.4, -0.2) is 17.6 Å². The van der Waals surface area contributed by atoms with Crippen LogP contribution in [0.25, 0.3) is 0 Å². The minimum Gasteiger partial charge on any atom is -0.380 e. The van der Waals surface area contributed by atoms with E-state index >= 15 is 0 Å². The van der Waals surface area contributed by atoms with Gasteiger partial charge in [0.2, 0.25) is 0 Å². The third-order valence-electron chi connectivity index (χ3n) is 1.86. The van der Waals surface area contributed by atoms with Crippen molar-refractivity contribution in [3.05, 3.63) is 34.9 Å². The second-order valence-corrected chi connectivity index (χ2v) is 3.51. The summed E-state index contributed by atoms with van der Waals surface area (Å²) in [5.74, 6) is 0. The Labute approximate surface area is 96.9 Å². The summed E-state index contributed by atoms with van der Waals surface area (Å²) in [5.41, 5.74) is 0.760. The van der Waals surface area contributed by atoms with E-state index in [9.17, 15) is 9.59 Å². The fourth-order valence-electron chi connectivity index (χ4n) is 1.27. The number of hydrogen-bond donors (Lipinski definition) is 0. The van der Waals surface area contributed by atoms with E-state index in [-0.39, 0.29) is 17.7 Å². The number of benzene rings is 1. The van der Waals surface area contributed by atoms with Gasteiger partial charge in [0.25, 0.3) is 10.5 Å². The van der Waals surface area contributed by atoms with Gasteiger partial charge in [0.15, 0.2) is 0 Å². The lowest BCUT2D eigenvalue weighted by atomic mass is 10.0. The molecule has 0 N–H and O–H groups in total. The molecular weight excluding hydrogens is 239 g/mol. The number of carbonyl (C=O) groups excluding carboxylic acids is 2. The van der Waals surface area contributed by atoms with Gasteiger partial charge in [-0.25, -0.2) is 0 Å². The standard InChI is InChI=1S/C10H8Cl2O3/c1-15-5-6-3-2-4-7(9(11)13)8(6)10(12)14/h2-4H,5H2,1H3. The Morgan fingerprint density at radius 1 is 1.27 bits per heavy atom.